The highest BCUT2D eigenvalue weighted by atomic mass is 32.2. The zero-order chi connectivity index (χ0) is 13.9. The summed E-state index contributed by atoms with van der Waals surface area (Å²) in [4.78, 5) is 14.7. The van der Waals surface area contributed by atoms with E-state index in [0.717, 1.165) is 19.3 Å². The summed E-state index contributed by atoms with van der Waals surface area (Å²) in [5.74, 6) is -1.31. The summed E-state index contributed by atoms with van der Waals surface area (Å²) in [6, 6.07) is 4.45. The van der Waals surface area contributed by atoms with Crippen molar-refractivity contribution in [2.75, 3.05) is 0 Å². The Kier molecular flexibility index (Phi) is 4.19. The number of aromatic carboxylic acids is 1. The van der Waals surface area contributed by atoms with E-state index in [2.05, 4.69) is 4.98 Å². The standard InChI is InChI=1S/C13H17NO4S/c15-13(16)12-8-4-5-10(14-12)9-19(17,18)11-6-2-1-3-7-11/h4-5,8,11H,1-3,6-7,9H2,(H,15,16). The summed E-state index contributed by atoms with van der Waals surface area (Å²) in [6.07, 6.45) is 4.42. The Bertz CT molecular complexity index is 562. The van der Waals surface area contributed by atoms with Crippen molar-refractivity contribution in [3.8, 4) is 0 Å². The normalized spacial score (nSPS) is 17.3. The number of nitrogens with zero attached hydrogens (tertiary/aromatic N) is 1. The molecule has 0 atom stereocenters. The Morgan fingerprint density at radius 2 is 1.95 bits per heavy atom. The van der Waals surface area contributed by atoms with Gasteiger partial charge in [0.15, 0.2) is 9.84 Å². The van der Waals surface area contributed by atoms with Crippen molar-refractivity contribution in [1.29, 1.82) is 0 Å². The van der Waals surface area contributed by atoms with E-state index in [-0.39, 0.29) is 16.7 Å². The molecule has 19 heavy (non-hydrogen) atoms. The lowest BCUT2D eigenvalue weighted by molar-refractivity contribution is 0.0690. The highest BCUT2D eigenvalue weighted by Crippen LogP contribution is 2.25. The second-order valence-corrected chi connectivity index (χ2v) is 7.17. The van der Waals surface area contributed by atoms with Gasteiger partial charge in [-0.05, 0) is 25.0 Å². The highest BCUT2D eigenvalue weighted by molar-refractivity contribution is 7.91. The van der Waals surface area contributed by atoms with Gasteiger partial charge < -0.3 is 5.11 Å². The van der Waals surface area contributed by atoms with E-state index in [4.69, 9.17) is 5.11 Å². The number of carboxylic acids is 1. The van der Waals surface area contributed by atoms with Crippen molar-refractivity contribution < 1.29 is 18.3 Å². The number of pyridine rings is 1. The predicted octanol–water partition coefficient (Wildman–Crippen LogP) is 2.03. The number of sulfone groups is 1. The molecule has 1 fully saturated rings. The average Bonchev–Trinajstić information content (AvgIpc) is 2.39. The van der Waals surface area contributed by atoms with Gasteiger partial charge in [0.25, 0.3) is 0 Å². The molecule has 1 aliphatic rings. The Morgan fingerprint density at radius 1 is 1.26 bits per heavy atom. The molecular formula is C13H17NO4S. The Hall–Kier alpha value is -1.43. The van der Waals surface area contributed by atoms with Crippen molar-refractivity contribution in [3.05, 3.63) is 29.6 Å². The molecule has 0 unspecified atom stereocenters. The molecule has 0 aromatic carbocycles. The molecule has 1 saturated carbocycles. The number of aromatic nitrogens is 1. The van der Waals surface area contributed by atoms with Crippen LogP contribution in [0.4, 0.5) is 0 Å². The van der Waals surface area contributed by atoms with Crippen LogP contribution < -0.4 is 0 Å². The lowest BCUT2D eigenvalue weighted by atomic mass is 10.0. The molecule has 104 valence electrons. The van der Waals surface area contributed by atoms with Crippen LogP contribution in [0, 0.1) is 0 Å². The van der Waals surface area contributed by atoms with E-state index in [1.807, 2.05) is 0 Å². The first-order chi connectivity index (χ1) is 8.99. The Morgan fingerprint density at radius 3 is 2.58 bits per heavy atom. The maximum atomic E-state index is 12.2. The fraction of sp³-hybridized carbons (Fsp3) is 0.538. The minimum absolute atomic E-state index is 0.114. The van der Waals surface area contributed by atoms with Gasteiger partial charge in [0.2, 0.25) is 0 Å². The molecular weight excluding hydrogens is 266 g/mol. The summed E-state index contributed by atoms with van der Waals surface area (Å²) in [5.41, 5.74) is 0.196. The summed E-state index contributed by atoms with van der Waals surface area (Å²) in [6.45, 7) is 0. The van der Waals surface area contributed by atoms with Crippen LogP contribution in [0.5, 0.6) is 0 Å². The van der Waals surface area contributed by atoms with Crippen LogP contribution in [0.25, 0.3) is 0 Å². The second-order valence-electron chi connectivity index (χ2n) is 4.89. The lowest BCUT2D eigenvalue weighted by Gasteiger charge is -2.21. The largest absolute Gasteiger partial charge is 0.477 e. The van der Waals surface area contributed by atoms with E-state index in [9.17, 15) is 13.2 Å². The third kappa shape index (κ3) is 3.53. The minimum atomic E-state index is -3.23. The zero-order valence-corrected chi connectivity index (χ0v) is 11.4. The molecule has 0 spiro atoms. The molecule has 1 aromatic heterocycles. The van der Waals surface area contributed by atoms with E-state index in [1.165, 1.54) is 12.1 Å². The quantitative estimate of drug-likeness (QED) is 0.914. The van der Waals surface area contributed by atoms with Crippen LogP contribution in [-0.4, -0.2) is 29.7 Å². The van der Waals surface area contributed by atoms with Crippen LogP contribution in [0.1, 0.15) is 48.3 Å². The minimum Gasteiger partial charge on any atom is -0.477 e. The zero-order valence-electron chi connectivity index (χ0n) is 10.6. The van der Waals surface area contributed by atoms with Gasteiger partial charge in [0.1, 0.15) is 5.69 Å². The summed E-state index contributed by atoms with van der Waals surface area (Å²) < 4.78 is 24.5. The number of rotatable bonds is 4. The molecule has 0 radical (unpaired) electrons. The van der Waals surface area contributed by atoms with Gasteiger partial charge in [-0.1, -0.05) is 25.3 Å². The molecule has 0 amide bonds. The number of hydrogen-bond acceptors (Lipinski definition) is 4. The summed E-state index contributed by atoms with van der Waals surface area (Å²) in [7, 11) is -3.23. The summed E-state index contributed by atoms with van der Waals surface area (Å²) >= 11 is 0. The van der Waals surface area contributed by atoms with Crippen molar-refractivity contribution in [3.63, 3.8) is 0 Å². The van der Waals surface area contributed by atoms with Gasteiger partial charge in [-0.25, -0.2) is 18.2 Å². The van der Waals surface area contributed by atoms with Gasteiger partial charge in [0.05, 0.1) is 16.7 Å². The van der Waals surface area contributed by atoms with Gasteiger partial charge in [-0.15, -0.1) is 0 Å². The predicted molar refractivity (Wildman–Crippen MR) is 70.7 cm³/mol. The van der Waals surface area contributed by atoms with Gasteiger partial charge in [-0.3, -0.25) is 0 Å². The third-order valence-corrected chi connectivity index (χ3v) is 5.62. The lowest BCUT2D eigenvalue weighted by Crippen LogP contribution is -2.25. The first-order valence-corrected chi connectivity index (χ1v) is 8.11. The van der Waals surface area contributed by atoms with E-state index >= 15 is 0 Å². The smallest absolute Gasteiger partial charge is 0.354 e. The number of carbonyl (C=O) groups is 1. The third-order valence-electron chi connectivity index (χ3n) is 3.44. The van der Waals surface area contributed by atoms with Crippen molar-refractivity contribution in [2.24, 2.45) is 0 Å². The molecule has 1 N–H and O–H groups in total. The van der Waals surface area contributed by atoms with Crippen LogP contribution in [0.2, 0.25) is 0 Å². The monoisotopic (exact) mass is 283 g/mol. The topological polar surface area (TPSA) is 84.3 Å². The van der Waals surface area contributed by atoms with Crippen LogP contribution in [0.3, 0.4) is 0 Å². The van der Waals surface area contributed by atoms with E-state index < -0.39 is 15.8 Å². The Labute approximate surface area is 112 Å². The number of hydrogen-bond donors (Lipinski definition) is 1. The van der Waals surface area contributed by atoms with Crippen LogP contribution in [0.15, 0.2) is 18.2 Å². The molecule has 5 nitrogen and oxygen atoms in total. The highest BCUT2D eigenvalue weighted by Gasteiger charge is 2.27. The first kappa shape index (κ1) is 14.0. The summed E-state index contributed by atoms with van der Waals surface area (Å²) in [5, 5.41) is 8.55. The van der Waals surface area contributed by atoms with Crippen molar-refractivity contribution in [1.82, 2.24) is 4.98 Å². The van der Waals surface area contributed by atoms with Crippen molar-refractivity contribution in [2.45, 2.75) is 43.1 Å². The van der Waals surface area contributed by atoms with Crippen LogP contribution >= 0.6 is 0 Å². The molecule has 2 rings (SSSR count). The first-order valence-electron chi connectivity index (χ1n) is 6.40. The second kappa shape index (κ2) is 5.69. The Balaban J connectivity index is 2.15. The van der Waals surface area contributed by atoms with Gasteiger partial charge in [-0.2, -0.15) is 0 Å². The van der Waals surface area contributed by atoms with Gasteiger partial charge >= 0.3 is 5.97 Å². The van der Waals surface area contributed by atoms with E-state index in [0.29, 0.717) is 18.5 Å². The van der Waals surface area contributed by atoms with E-state index in [1.54, 1.807) is 6.07 Å². The molecule has 0 aliphatic heterocycles. The fourth-order valence-corrected chi connectivity index (χ4v) is 4.29. The molecule has 1 aliphatic carbocycles. The van der Waals surface area contributed by atoms with Crippen LogP contribution in [-0.2, 0) is 15.6 Å². The number of carboxylic acid groups (broad SMARTS) is 1. The average molecular weight is 283 g/mol. The molecule has 1 heterocycles. The van der Waals surface area contributed by atoms with Gasteiger partial charge in [0, 0.05) is 0 Å². The maximum absolute atomic E-state index is 12.2. The SMILES string of the molecule is O=C(O)c1cccc(CS(=O)(=O)C2CCCCC2)n1. The molecule has 0 saturated heterocycles. The maximum Gasteiger partial charge on any atom is 0.354 e. The fourth-order valence-electron chi connectivity index (χ4n) is 2.43. The molecule has 1 aromatic rings. The molecule has 0 bridgehead atoms. The molecule has 6 heteroatoms. The van der Waals surface area contributed by atoms with Crippen molar-refractivity contribution >= 4 is 15.8 Å².